The molecule has 0 bridgehead atoms. The summed E-state index contributed by atoms with van der Waals surface area (Å²) in [6.07, 6.45) is 1.20. The van der Waals surface area contributed by atoms with Gasteiger partial charge in [0.15, 0.2) is 0 Å². The molecule has 0 atom stereocenters. The molecule has 1 heterocycles. The van der Waals surface area contributed by atoms with E-state index >= 15 is 0 Å². The van der Waals surface area contributed by atoms with E-state index in [2.05, 4.69) is 17.2 Å². The quantitative estimate of drug-likeness (QED) is 0.801. The number of nitrogens with zero attached hydrogens (tertiary/aromatic N) is 1. The van der Waals surface area contributed by atoms with Gasteiger partial charge < -0.3 is 20.3 Å². The summed E-state index contributed by atoms with van der Waals surface area (Å²) in [6, 6.07) is -0.146. The van der Waals surface area contributed by atoms with E-state index in [1.165, 1.54) is 0 Å². The number of carbonyl (C=O) groups is 2. The summed E-state index contributed by atoms with van der Waals surface area (Å²) in [6.45, 7) is 8.72. The highest BCUT2D eigenvalue weighted by atomic mass is 16.6. The number of amides is 3. The summed E-state index contributed by atoms with van der Waals surface area (Å²) < 4.78 is 4.93. The van der Waals surface area contributed by atoms with E-state index in [-0.39, 0.29) is 18.2 Å². The second-order valence-corrected chi connectivity index (χ2v) is 4.34. The van der Waals surface area contributed by atoms with Crippen LogP contribution in [0.2, 0.25) is 0 Å². The Morgan fingerprint density at radius 2 is 2.00 bits per heavy atom. The van der Waals surface area contributed by atoms with Crippen LogP contribution in [0.4, 0.5) is 9.59 Å². The summed E-state index contributed by atoms with van der Waals surface area (Å²) in [5.41, 5.74) is 0.608. The number of hydrogen-bond donors (Lipinski definition) is 2. The lowest BCUT2D eigenvalue weighted by Gasteiger charge is -2.31. The number of allylic oxidation sites excluding steroid dienone is 1. The first-order valence-electron chi connectivity index (χ1n) is 6.17. The third-order valence-electron chi connectivity index (χ3n) is 2.68. The van der Waals surface area contributed by atoms with Gasteiger partial charge in [-0.15, -0.1) is 0 Å². The Balaban J connectivity index is 2.29. The molecule has 0 spiro atoms. The average Bonchev–Trinajstić information content (AvgIpc) is 2.29. The minimum absolute atomic E-state index is 0.0926. The van der Waals surface area contributed by atoms with E-state index in [1.807, 2.05) is 0 Å². The average molecular weight is 255 g/mol. The van der Waals surface area contributed by atoms with Gasteiger partial charge in [0.2, 0.25) is 0 Å². The maximum absolute atomic E-state index is 11.5. The Morgan fingerprint density at radius 1 is 1.39 bits per heavy atom. The van der Waals surface area contributed by atoms with Gasteiger partial charge in [-0.1, -0.05) is 6.58 Å². The minimum Gasteiger partial charge on any atom is -0.450 e. The maximum Gasteiger partial charge on any atom is 0.409 e. The van der Waals surface area contributed by atoms with E-state index < -0.39 is 0 Å². The van der Waals surface area contributed by atoms with Crippen molar-refractivity contribution in [3.05, 3.63) is 12.3 Å². The van der Waals surface area contributed by atoms with Crippen LogP contribution in [-0.2, 0) is 4.74 Å². The molecule has 18 heavy (non-hydrogen) atoms. The molecular weight excluding hydrogens is 234 g/mol. The maximum atomic E-state index is 11.5. The Bertz CT molecular complexity index is 323. The Labute approximate surface area is 107 Å². The van der Waals surface area contributed by atoms with E-state index in [9.17, 15) is 9.59 Å². The van der Waals surface area contributed by atoms with Crippen molar-refractivity contribution in [3.8, 4) is 0 Å². The summed E-state index contributed by atoms with van der Waals surface area (Å²) in [5, 5.41) is 5.45. The number of carbonyl (C=O) groups excluding carboxylic acids is 2. The smallest absolute Gasteiger partial charge is 0.409 e. The molecule has 0 aromatic carbocycles. The molecule has 102 valence electrons. The first-order chi connectivity index (χ1) is 8.52. The van der Waals surface area contributed by atoms with Crippen LogP contribution < -0.4 is 10.6 Å². The zero-order chi connectivity index (χ0) is 13.5. The summed E-state index contributed by atoms with van der Waals surface area (Å²) in [5.74, 6) is 0. The first-order valence-corrected chi connectivity index (χ1v) is 6.17. The van der Waals surface area contributed by atoms with Gasteiger partial charge >= 0.3 is 12.1 Å². The number of piperidine rings is 1. The summed E-state index contributed by atoms with van der Waals surface area (Å²) in [4.78, 5) is 24.6. The monoisotopic (exact) mass is 255 g/mol. The third-order valence-corrected chi connectivity index (χ3v) is 2.68. The zero-order valence-corrected chi connectivity index (χ0v) is 11.0. The van der Waals surface area contributed by atoms with Crippen molar-refractivity contribution >= 4 is 12.1 Å². The molecule has 2 N–H and O–H groups in total. The molecular formula is C12H21N3O3. The van der Waals surface area contributed by atoms with Gasteiger partial charge in [0.05, 0.1) is 6.61 Å². The van der Waals surface area contributed by atoms with Gasteiger partial charge in [-0.25, -0.2) is 9.59 Å². The largest absolute Gasteiger partial charge is 0.450 e. The van der Waals surface area contributed by atoms with Crippen molar-refractivity contribution in [1.29, 1.82) is 0 Å². The molecule has 0 saturated carbocycles. The van der Waals surface area contributed by atoms with Crippen LogP contribution in [-0.4, -0.2) is 42.8 Å². The molecule has 1 fully saturated rings. The predicted octanol–water partition coefficient (Wildman–Crippen LogP) is 1.44. The van der Waals surface area contributed by atoms with Crippen LogP contribution in [0, 0.1) is 0 Å². The number of rotatable bonds is 3. The number of urea groups is 1. The fourth-order valence-electron chi connectivity index (χ4n) is 1.84. The SMILES string of the molecule is C=C(C)NC(=O)NC1CCN(C(=O)OCC)CC1. The molecule has 6 nitrogen and oxygen atoms in total. The molecule has 3 amide bonds. The van der Waals surface area contributed by atoms with Crippen LogP contribution in [0.3, 0.4) is 0 Å². The normalized spacial score (nSPS) is 16.0. The highest BCUT2D eigenvalue weighted by molar-refractivity contribution is 5.76. The highest BCUT2D eigenvalue weighted by Gasteiger charge is 2.24. The van der Waals surface area contributed by atoms with Crippen molar-refractivity contribution in [3.63, 3.8) is 0 Å². The molecule has 6 heteroatoms. The number of likely N-dealkylation sites (tertiary alicyclic amines) is 1. The van der Waals surface area contributed by atoms with E-state index in [0.717, 1.165) is 12.8 Å². The first kappa shape index (κ1) is 14.3. The molecule has 1 rings (SSSR count). The molecule has 0 radical (unpaired) electrons. The van der Waals surface area contributed by atoms with E-state index in [4.69, 9.17) is 4.74 Å². The standard InChI is InChI=1S/C12H21N3O3/c1-4-18-12(17)15-7-5-10(6-8-15)14-11(16)13-9(2)3/h10H,2,4-8H2,1,3H3,(H2,13,14,16). The lowest BCUT2D eigenvalue weighted by Crippen LogP contribution is -2.48. The number of ether oxygens (including phenoxy) is 1. The van der Waals surface area contributed by atoms with Crippen LogP contribution in [0.25, 0.3) is 0 Å². The molecule has 0 unspecified atom stereocenters. The van der Waals surface area contributed by atoms with Gasteiger partial charge in [0.25, 0.3) is 0 Å². The lowest BCUT2D eigenvalue weighted by molar-refractivity contribution is 0.0958. The Hall–Kier alpha value is -1.72. The van der Waals surface area contributed by atoms with Gasteiger partial charge in [0, 0.05) is 24.8 Å². The topological polar surface area (TPSA) is 70.7 Å². The molecule has 0 aliphatic carbocycles. The number of nitrogens with one attached hydrogen (secondary N) is 2. The van der Waals surface area contributed by atoms with Gasteiger partial charge in [-0.3, -0.25) is 0 Å². The Kier molecular flexibility index (Phi) is 5.48. The summed E-state index contributed by atoms with van der Waals surface area (Å²) >= 11 is 0. The van der Waals surface area contributed by atoms with Crippen LogP contribution in [0.15, 0.2) is 12.3 Å². The second-order valence-electron chi connectivity index (χ2n) is 4.34. The molecule has 1 saturated heterocycles. The van der Waals surface area contributed by atoms with Crippen molar-refractivity contribution in [2.75, 3.05) is 19.7 Å². The van der Waals surface area contributed by atoms with E-state index in [1.54, 1.807) is 18.7 Å². The Morgan fingerprint density at radius 3 is 2.50 bits per heavy atom. The van der Waals surface area contributed by atoms with Gasteiger partial charge in [0.1, 0.15) is 0 Å². The van der Waals surface area contributed by atoms with Crippen molar-refractivity contribution in [1.82, 2.24) is 15.5 Å². The molecule has 0 aromatic rings. The predicted molar refractivity (Wildman–Crippen MR) is 68.1 cm³/mol. The molecule has 1 aliphatic heterocycles. The molecule has 1 aliphatic rings. The van der Waals surface area contributed by atoms with Crippen molar-refractivity contribution in [2.45, 2.75) is 32.7 Å². The lowest BCUT2D eigenvalue weighted by atomic mass is 10.1. The summed E-state index contributed by atoms with van der Waals surface area (Å²) in [7, 11) is 0. The minimum atomic E-state index is -0.276. The molecule has 0 aromatic heterocycles. The van der Waals surface area contributed by atoms with Crippen molar-refractivity contribution < 1.29 is 14.3 Å². The second kappa shape index (κ2) is 6.88. The zero-order valence-electron chi connectivity index (χ0n) is 11.0. The van der Waals surface area contributed by atoms with Crippen molar-refractivity contribution in [2.24, 2.45) is 0 Å². The van der Waals surface area contributed by atoms with Crippen LogP contribution in [0.1, 0.15) is 26.7 Å². The fourth-order valence-corrected chi connectivity index (χ4v) is 1.84. The van der Waals surface area contributed by atoms with Gasteiger partial charge in [-0.05, 0) is 26.7 Å². The third kappa shape index (κ3) is 4.65. The van der Waals surface area contributed by atoms with Crippen LogP contribution >= 0.6 is 0 Å². The van der Waals surface area contributed by atoms with Gasteiger partial charge in [-0.2, -0.15) is 0 Å². The highest BCUT2D eigenvalue weighted by Crippen LogP contribution is 2.11. The van der Waals surface area contributed by atoms with E-state index in [0.29, 0.717) is 25.4 Å². The fraction of sp³-hybridized carbons (Fsp3) is 0.667. The van der Waals surface area contributed by atoms with Crippen LogP contribution in [0.5, 0.6) is 0 Å². The number of hydrogen-bond acceptors (Lipinski definition) is 3.